The summed E-state index contributed by atoms with van der Waals surface area (Å²) in [6.07, 6.45) is 0.489. The number of carbonyl (C=O) groups is 1. The predicted molar refractivity (Wildman–Crippen MR) is 72.4 cm³/mol. The second kappa shape index (κ2) is 8.17. The third kappa shape index (κ3) is 5.75. The Hall–Kier alpha value is -2.20. The lowest BCUT2D eigenvalue weighted by Crippen LogP contribution is -2.29. The molecule has 1 aromatic carbocycles. The Morgan fingerprint density at radius 3 is 2.62 bits per heavy atom. The number of nitrogens with zero attached hydrogens (tertiary/aromatic N) is 1. The first kappa shape index (κ1) is 16.9. The van der Waals surface area contributed by atoms with Gasteiger partial charge in [0.25, 0.3) is 5.91 Å². The van der Waals surface area contributed by atoms with E-state index in [-0.39, 0.29) is 19.0 Å². The highest BCUT2D eigenvalue weighted by molar-refractivity contribution is 5.77. The van der Waals surface area contributed by atoms with Crippen molar-refractivity contribution in [3.05, 3.63) is 29.3 Å². The molecule has 0 spiro atoms. The van der Waals surface area contributed by atoms with Gasteiger partial charge in [0.05, 0.1) is 12.5 Å². The normalized spacial score (nSPS) is 11.6. The number of hydrogen-bond donors (Lipinski definition) is 2. The van der Waals surface area contributed by atoms with E-state index in [0.717, 1.165) is 12.1 Å². The molecule has 0 saturated carbocycles. The van der Waals surface area contributed by atoms with Crippen molar-refractivity contribution < 1.29 is 18.3 Å². The number of rotatable bonds is 7. The summed E-state index contributed by atoms with van der Waals surface area (Å²) in [6.45, 7) is 1.37. The molecule has 0 aliphatic rings. The molecule has 0 heterocycles. The van der Waals surface area contributed by atoms with Gasteiger partial charge in [-0.1, -0.05) is 0 Å². The molecule has 7 heteroatoms. The first-order chi connectivity index (χ1) is 9.93. The number of hydrogen-bond acceptors (Lipinski definition) is 4. The maximum Gasteiger partial charge on any atom is 0.257 e. The minimum atomic E-state index is -0.879. The van der Waals surface area contributed by atoms with Gasteiger partial charge in [-0.05, 0) is 31.0 Å². The molecule has 0 aliphatic heterocycles. The molecule has 0 aromatic heterocycles. The van der Waals surface area contributed by atoms with Crippen LogP contribution in [0.5, 0.6) is 5.75 Å². The molecule has 1 unspecified atom stereocenters. The summed E-state index contributed by atoms with van der Waals surface area (Å²) in [6, 6.07) is 3.90. The van der Waals surface area contributed by atoms with E-state index in [0.29, 0.717) is 12.0 Å². The molecule has 1 aromatic rings. The second-order valence-corrected chi connectivity index (χ2v) is 4.62. The summed E-state index contributed by atoms with van der Waals surface area (Å²) < 4.78 is 32.3. The molecule has 0 bridgehead atoms. The third-order valence-electron chi connectivity index (χ3n) is 2.52. The van der Waals surface area contributed by atoms with Gasteiger partial charge in [0.15, 0.2) is 24.0 Å². The minimum absolute atomic E-state index is 0.153. The average molecular weight is 297 g/mol. The zero-order valence-electron chi connectivity index (χ0n) is 11.7. The fourth-order valence-corrected chi connectivity index (χ4v) is 1.69. The van der Waals surface area contributed by atoms with Crippen molar-refractivity contribution in [2.24, 2.45) is 5.73 Å². The standard InChI is InChI=1S/C14H17F2N3O2/c1-9(18)5-10-6-11(15)14(12(16)7-10)21-8-13(20)19-4-2-3-17/h6-7,9H,2,4-5,8,18H2,1H3,(H,19,20). The van der Waals surface area contributed by atoms with Crippen molar-refractivity contribution >= 4 is 5.91 Å². The fourth-order valence-electron chi connectivity index (χ4n) is 1.69. The first-order valence-corrected chi connectivity index (χ1v) is 6.44. The molecule has 1 atom stereocenters. The highest BCUT2D eigenvalue weighted by Gasteiger charge is 2.14. The van der Waals surface area contributed by atoms with E-state index >= 15 is 0 Å². The monoisotopic (exact) mass is 297 g/mol. The lowest BCUT2D eigenvalue weighted by molar-refractivity contribution is -0.123. The number of halogens is 2. The number of benzene rings is 1. The first-order valence-electron chi connectivity index (χ1n) is 6.44. The van der Waals surface area contributed by atoms with Crippen LogP contribution in [0.3, 0.4) is 0 Å². The maximum absolute atomic E-state index is 13.7. The average Bonchev–Trinajstić information content (AvgIpc) is 2.37. The van der Waals surface area contributed by atoms with Gasteiger partial charge in [-0.3, -0.25) is 4.79 Å². The zero-order valence-corrected chi connectivity index (χ0v) is 11.7. The van der Waals surface area contributed by atoms with Gasteiger partial charge in [0.1, 0.15) is 0 Å². The largest absolute Gasteiger partial charge is 0.478 e. The van der Waals surface area contributed by atoms with Crippen LogP contribution >= 0.6 is 0 Å². The summed E-state index contributed by atoms with van der Waals surface area (Å²) in [5.74, 6) is -2.91. The molecule has 114 valence electrons. The van der Waals surface area contributed by atoms with E-state index in [9.17, 15) is 13.6 Å². The zero-order chi connectivity index (χ0) is 15.8. The van der Waals surface area contributed by atoms with Gasteiger partial charge < -0.3 is 15.8 Å². The molecule has 0 aliphatic carbocycles. The molecule has 1 amide bonds. The van der Waals surface area contributed by atoms with E-state index in [1.165, 1.54) is 0 Å². The highest BCUT2D eigenvalue weighted by Crippen LogP contribution is 2.23. The van der Waals surface area contributed by atoms with Crippen LogP contribution in [-0.2, 0) is 11.2 Å². The lowest BCUT2D eigenvalue weighted by Gasteiger charge is -2.11. The number of carbonyl (C=O) groups excluding carboxylic acids is 1. The van der Waals surface area contributed by atoms with Gasteiger partial charge in [-0.25, -0.2) is 8.78 Å². The number of amides is 1. The van der Waals surface area contributed by atoms with Crippen LogP contribution in [0.15, 0.2) is 12.1 Å². The SMILES string of the molecule is CC(N)Cc1cc(F)c(OCC(=O)NCCC#N)c(F)c1. The molecule has 1 rings (SSSR count). The third-order valence-corrected chi connectivity index (χ3v) is 2.52. The Balaban J connectivity index is 2.63. The lowest BCUT2D eigenvalue weighted by atomic mass is 10.1. The van der Waals surface area contributed by atoms with Gasteiger partial charge in [0.2, 0.25) is 0 Å². The van der Waals surface area contributed by atoms with Crippen molar-refractivity contribution in [2.45, 2.75) is 25.8 Å². The molecule has 0 fully saturated rings. The van der Waals surface area contributed by atoms with Gasteiger partial charge in [-0.2, -0.15) is 5.26 Å². The van der Waals surface area contributed by atoms with Crippen molar-refractivity contribution in [3.63, 3.8) is 0 Å². The number of ether oxygens (including phenoxy) is 1. The van der Waals surface area contributed by atoms with Crippen LogP contribution in [0.4, 0.5) is 8.78 Å². The van der Waals surface area contributed by atoms with Crippen LogP contribution < -0.4 is 15.8 Å². The van der Waals surface area contributed by atoms with Gasteiger partial charge in [-0.15, -0.1) is 0 Å². The summed E-state index contributed by atoms with van der Waals surface area (Å²) in [4.78, 5) is 11.3. The Morgan fingerprint density at radius 1 is 1.48 bits per heavy atom. The molecule has 21 heavy (non-hydrogen) atoms. The Morgan fingerprint density at radius 2 is 2.10 bits per heavy atom. The second-order valence-electron chi connectivity index (χ2n) is 4.62. The van der Waals surface area contributed by atoms with Crippen LogP contribution in [0.25, 0.3) is 0 Å². The summed E-state index contributed by atoms with van der Waals surface area (Å²) in [5.41, 5.74) is 5.99. The van der Waals surface area contributed by atoms with Gasteiger partial charge >= 0.3 is 0 Å². The predicted octanol–water partition coefficient (Wildman–Crippen LogP) is 1.26. The van der Waals surface area contributed by atoms with E-state index in [1.54, 1.807) is 6.92 Å². The minimum Gasteiger partial charge on any atom is -0.478 e. The topological polar surface area (TPSA) is 88.1 Å². The Labute approximate surface area is 121 Å². The van der Waals surface area contributed by atoms with E-state index in [4.69, 9.17) is 15.7 Å². The maximum atomic E-state index is 13.7. The smallest absolute Gasteiger partial charge is 0.257 e. The van der Waals surface area contributed by atoms with Crippen molar-refractivity contribution in [1.29, 1.82) is 5.26 Å². The number of nitriles is 1. The van der Waals surface area contributed by atoms with Crippen molar-refractivity contribution in [1.82, 2.24) is 5.32 Å². The van der Waals surface area contributed by atoms with Crippen molar-refractivity contribution in [2.75, 3.05) is 13.2 Å². The van der Waals surface area contributed by atoms with Crippen LogP contribution in [0, 0.1) is 23.0 Å². The Kier molecular flexibility index (Phi) is 6.56. The van der Waals surface area contributed by atoms with E-state index in [2.05, 4.69) is 5.32 Å². The molecular weight excluding hydrogens is 280 g/mol. The summed E-state index contributed by atoms with van der Waals surface area (Å²) in [5, 5.41) is 10.7. The van der Waals surface area contributed by atoms with E-state index in [1.807, 2.05) is 6.07 Å². The molecule has 3 N–H and O–H groups in total. The number of nitrogens with two attached hydrogens (primary N) is 1. The summed E-state index contributed by atoms with van der Waals surface area (Å²) >= 11 is 0. The van der Waals surface area contributed by atoms with Crippen LogP contribution in [0.1, 0.15) is 18.9 Å². The molecule has 5 nitrogen and oxygen atoms in total. The number of nitrogens with one attached hydrogen (secondary N) is 1. The highest BCUT2D eigenvalue weighted by atomic mass is 19.1. The van der Waals surface area contributed by atoms with Crippen LogP contribution in [-0.4, -0.2) is 25.1 Å². The molecule has 0 radical (unpaired) electrons. The molecular formula is C14H17F2N3O2. The van der Waals surface area contributed by atoms with Crippen molar-refractivity contribution in [3.8, 4) is 11.8 Å². The summed E-state index contributed by atoms with van der Waals surface area (Å²) in [7, 11) is 0. The van der Waals surface area contributed by atoms with Gasteiger partial charge in [0, 0.05) is 12.6 Å². The quantitative estimate of drug-likeness (QED) is 0.742. The molecule has 0 saturated heterocycles. The van der Waals surface area contributed by atoms with E-state index < -0.39 is 29.9 Å². The van der Waals surface area contributed by atoms with Crippen LogP contribution in [0.2, 0.25) is 0 Å². The fraction of sp³-hybridized carbons (Fsp3) is 0.429. The Bertz CT molecular complexity index is 519.